The lowest BCUT2D eigenvalue weighted by Crippen LogP contribution is -2.49. The lowest BCUT2D eigenvalue weighted by atomic mass is 10.0. The molecular weight excluding hydrogens is 380 g/mol. The number of carbonyl (C=O) groups excluding carboxylic acids is 1. The maximum Gasteiger partial charge on any atom is 0.253 e. The molecule has 1 aromatic carbocycles. The number of benzene rings is 1. The van der Waals surface area contributed by atoms with Crippen LogP contribution in [0.2, 0.25) is 0 Å². The van der Waals surface area contributed by atoms with Crippen molar-refractivity contribution in [2.75, 3.05) is 31.1 Å². The van der Waals surface area contributed by atoms with Gasteiger partial charge >= 0.3 is 0 Å². The number of aromatic nitrogens is 4. The minimum atomic E-state index is 0.0312. The highest BCUT2D eigenvalue weighted by atomic mass is 16.6. The molecule has 0 aliphatic carbocycles. The van der Waals surface area contributed by atoms with E-state index in [2.05, 4.69) is 25.2 Å². The number of rotatable bonds is 3. The quantitative estimate of drug-likeness (QED) is 0.522. The van der Waals surface area contributed by atoms with Crippen LogP contribution in [-0.4, -0.2) is 57.3 Å². The molecule has 0 spiro atoms. The first-order valence-corrected chi connectivity index (χ1v) is 9.84. The van der Waals surface area contributed by atoms with Crippen LogP contribution in [-0.2, 0) is 0 Å². The van der Waals surface area contributed by atoms with Gasteiger partial charge in [0.05, 0.1) is 11.2 Å². The summed E-state index contributed by atoms with van der Waals surface area (Å²) in [4.78, 5) is 25.8. The van der Waals surface area contributed by atoms with Gasteiger partial charge in [-0.1, -0.05) is 17.3 Å². The van der Waals surface area contributed by atoms with E-state index in [0.717, 1.165) is 33.7 Å². The van der Waals surface area contributed by atoms with Crippen molar-refractivity contribution in [1.82, 2.24) is 25.2 Å². The van der Waals surface area contributed by atoms with E-state index >= 15 is 0 Å². The lowest BCUT2D eigenvalue weighted by Gasteiger charge is -2.34. The van der Waals surface area contributed by atoms with Gasteiger partial charge in [-0.05, 0) is 42.4 Å². The summed E-state index contributed by atoms with van der Waals surface area (Å²) in [6, 6.07) is 13.4. The Hall–Kier alpha value is -3.81. The second kappa shape index (κ2) is 7.55. The highest BCUT2D eigenvalue weighted by Gasteiger charge is 2.25. The Labute approximate surface area is 173 Å². The van der Waals surface area contributed by atoms with Gasteiger partial charge in [-0.15, -0.1) is 0 Å². The molecule has 1 saturated heterocycles. The van der Waals surface area contributed by atoms with Crippen molar-refractivity contribution >= 4 is 22.6 Å². The number of carbonyl (C=O) groups is 1. The molecule has 0 saturated carbocycles. The van der Waals surface area contributed by atoms with Crippen molar-refractivity contribution in [3.8, 4) is 11.3 Å². The maximum atomic E-state index is 13.0. The average Bonchev–Trinajstić information content (AvgIpc) is 3.24. The van der Waals surface area contributed by atoms with E-state index in [1.165, 1.54) is 0 Å². The third-order valence-corrected chi connectivity index (χ3v) is 5.43. The molecule has 0 unspecified atom stereocenters. The smallest absolute Gasteiger partial charge is 0.253 e. The van der Waals surface area contributed by atoms with Gasteiger partial charge in [0.25, 0.3) is 5.91 Å². The van der Waals surface area contributed by atoms with Crippen molar-refractivity contribution in [2.45, 2.75) is 6.92 Å². The van der Waals surface area contributed by atoms with Crippen molar-refractivity contribution in [3.05, 3.63) is 66.1 Å². The molecule has 0 N–H and O–H groups in total. The Balaban J connectivity index is 1.31. The summed E-state index contributed by atoms with van der Waals surface area (Å²) in [5, 5.41) is 8.78. The van der Waals surface area contributed by atoms with Crippen LogP contribution >= 0.6 is 0 Å². The van der Waals surface area contributed by atoms with Crippen LogP contribution in [0.3, 0.4) is 0 Å². The molecule has 8 heteroatoms. The molecule has 5 rings (SSSR count). The van der Waals surface area contributed by atoms with Gasteiger partial charge in [0.2, 0.25) is 0 Å². The Morgan fingerprint density at radius 1 is 0.933 bits per heavy atom. The van der Waals surface area contributed by atoms with Crippen LogP contribution in [0.4, 0.5) is 5.82 Å². The van der Waals surface area contributed by atoms with Gasteiger partial charge in [-0.25, -0.2) is 4.63 Å². The average molecular weight is 400 g/mol. The van der Waals surface area contributed by atoms with Crippen molar-refractivity contribution in [3.63, 3.8) is 0 Å². The summed E-state index contributed by atoms with van der Waals surface area (Å²) in [6.07, 6.45) is 3.53. The Kier molecular flexibility index (Phi) is 4.59. The summed E-state index contributed by atoms with van der Waals surface area (Å²) in [7, 11) is 0. The van der Waals surface area contributed by atoms with E-state index in [1.54, 1.807) is 12.4 Å². The zero-order valence-corrected chi connectivity index (χ0v) is 16.5. The van der Waals surface area contributed by atoms with Crippen molar-refractivity contribution in [2.24, 2.45) is 0 Å². The number of amides is 1. The molecule has 1 fully saturated rings. The summed E-state index contributed by atoms with van der Waals surface area (Å²) in [5.41, 5.74) is 4.17. The van der Waals surface area contributed by atoms with Crippen LogP contribution in [0.1, 0.15) is 16.1 Å². The van der Waals surface area contributed by atoms with E-state index < -0.39 is 0 Å². The number of hydrogen-bond donors (Lipinski definition) is 0. The Morgan fingerprint density at radius 2 is 1.73 bits per heavy atom. The molecule has 1 aliphatic rings. The largest absolute Gasteiger partial charge is 0.349 e. The molecule has 8 nitrogen and oxygen atoms in total. The highest BCUT2D eigenvalue weighted by molar-refractivity contribution is 5.96. The summed E-state index contributed by atoms with van der Waals surface area (Å²) in [6.45, 7) is 4.52. The molecule has 150 valence electrons. The fraction of sp³-hybridized carbons (Fsp3) is 0.227. The highest BCUT2D eigenvalue weighted by Crippen LogP contribution is 2.26. The summed E-state index contributed by atoms with van der Waals surface area (Å²) >= 11 is 0. The number of aryl methyl sites for hydroxylation is 1. The Bertz CT molecular complexity index is 1190. The molecule has 1 amide bonds. The number of pyridine rings is 2. The van der Waals surface area contributed by atoms with Gasteiger partial charge < -0.3 is 9.80 Å². The number of hydrogen-bond acceptors (Lipinski definition) is 7. The number of anilines is 1. The Morgan fingerprint density at radius 3 is 2.47 bits per heavy atom. The molecule has 1 aliphatic heterocycles. The van der Waals surface area contributed by atoms with Crippen LogP contribution in [0, 0.1) is 6.92 Å². The van der Waals surface area contributed by atoms with Crippen LogP contribution in [0.15, 0.2) is 59.5 Å². The SMILES string of the molecule is Cc1nonc1N1CCN(C(=O)c2ccc(-c3nccc4ncccc34)cc2)CC1. The van der Waals surface area contributed by atoms with Gasteiger partial charge in [-0.3, -0.25) is 14.8 Å². The van der Waals surface area contributed by atoms with E-state index in [1.807, 2.05) is 54.3 Å². The molecule has 30 heavy (non-hydrogen) atoms. The lowest BCUT2D eigenvalue weighted by molar-refractivity contribution is 0.0746. The summed E-state index contributed by atoms with van der Waals surface area (Å²) < 4.78 is 4.79. The topological polar surface area (TPSA) is 88.3 Å². The second-order valence-corrected chi connectivity index (χ2v) is 7.26. The van der Waals surface area contributed by atoms with Gasteiger partial charge in [0.15, 0.2) is 5.82 Å². The molecule has 0 bridgehead atoms. The predicted octanol–water partition coefficient (Wildman–Crippen LogP) is 2.95. The molecule has 3 aromatic heterocycles. The molecular formula is C22H20N6O2. The monoisotopic (exact) mass is 400 g/mol. The minimum Gasteiger partial charge on any atom is -0.349 e. The number of fused-ring (bicyclic) bond motifs is 1. The number of piperazine rings is 1. The van der Waals surface area contributed by atoms with E-state index in [-0.39, 0.29) is 5.91 Å². The third kappa shape index (κ3) is 3.26. The summed E-state index contributed by atoms with van der Waals surface area (Å²) in [5.74, 6) is 0.785. The van der Waals surface area contributed by atoms with Crippen LogP contribution in [0.25, 0.3) is 22.2 Å². The standard InChI is InChI=1S/C22H20N6O2/c1-15-21(26-30-25-15)27-11-13-28(14-12-27)22(29)17-6-4-16(5-7-17)20-18-3-2-9-23-19(18)8-10-24-20/h2-10H,11-14H2,1H3. The van der Waals surface area contributed by atoms with Gasteiger partial charge in [0, 0.05) is 55.1 Å². The normalized spacial score (nSPS) is 14.3. The fourth-order valence-electron chi connectivity index (χ4n) is 3.82. The minimum absolute atomic E-state index is 0.0312. The molecule has 4 heterocycles. The second-order valence-electron chi connectivity index (χ2n) is 7.26. The first kappa shape index (κ1) is 18.2. The zero-order chi connectivity index (χ0) is 20.5. The van der Waals surface area contributed by atoms with Gasteiger partial charge in [0.1, 0.15) is 5.69 Å². The van der Waals surface area contributed by atoms with E-state index in [9.17, 15) is 4.79 Å². The van der Waals surface area contributed by atoms with E-state index in [4.69, 9.17) is 4.63 Å². The van der Waals surface area contributed by atoms with Crippen LogP contribution < -0.4 is 4.90 Å². The first-order valence-electron chi connectivity index (χ1n) is 9.84. The van der Waals surface area contributed by atoms with Crippen molar-refractivity contribution < 1.29 is 9.42 Å². The van der Waals surface area contributed by atoms with Gasteiger partial charge in [-0.2, -0.15) is 0 Å². The van der Waals surface area contributed by atoms with Crippen molar-refractivity contribution in [1.29, 1.82) is 0 Å². The maximum absolute atomic E-state index is 13.0. The van der Waals surface area contributed by atoms with Crippen LogP contribution in [0.5, 0.6) is 0 Å². The van der Waals surface area contributed by atoms with E-state index in [0.29, 0.717) is 31.7 Å². The first-order chi connectivity index (χ1) is 14.7. The number of nitrogens with zero attached hydrogens (tertiary/aromatic N) is 6. The molecule has 4 aromatic rings. The molecule has 0 atom stereocenters. The zero-order valence-electron chi connectivity index (χ0n) is 16.5. The fourth-order valence-corrected chi connectivity index (χ4v) is 3.82. The molecule has 0 radical (unpaired) electrons. The predicted molar refractivity (Wildman–Crippen MR) is 112 cm³/mol. The third-order valence-electron chi connectivity index (χ3n) is 5.43.